The van der Waals surface area contributed by atoms with E-state index in [9.17, 15) is 56.2 Å². The van der Waals surface area contributed by atoms with E-state index in [0.29, 0.717) is 25.7 Å². The molecule has 0 spiro atoms. The van der Waals surface area contributed by atoms with E-state index in [-0.39, 0.29) is 46.7 Å². The number of rotatable bonds is 8. The van der Waals surface area contributed by atoms with E-state index in [2.05, 4.69) is 54.5 Å². The van der Waals surface area contributed by atoms with Gasteiger partial charge >= 0.3 is 0 Å². The minimum absolute atomic E-state index is 0.103. The van der Waals surface area contributed by atoms with E-state index in [1.54, 1.807) is 13.8 Å². The molecule has 25 atom stereocenters. The molecule has 0 bridgehead atoms. The van der Waals surface area contributed by atoms with Gasteiger partial charge < -0.3 is 84.6 Å². The highest BCUT2D eigenvalue weighted by molar-refractivity contribution is 5.36. The Kier molecular flexibility index (Phi) is 13.5. The van der Waals surface area contributed by atoms with Gasteiger partial charge in [-0.25, -0.2) is 0 Å². The van der Waals surface area contributed by atoms with Crippen molar-refractivity contribution in [2.24, 2.45) is 50.2 Å². The molecule has 5 aliphatic carbocycles. The molecule has 0 aromatic rings. The number of ether oxygens (including phenoxy) is 6. The van der Waals surface area contributed by atoms with Crippen LogP contribution in [0.25, 0.3) is 0 Å². The van der Waals surface area contributed by atoms with Crippen LogP contribution in [-0.2, 0) is 28.4 Å². The Morgan fingerprint density at radius 1 is 0.615 bits per heavy atom. The highest BCUT2D eigenvalue weighted by Crippen LogP contribution is 2.76. The summed E-state index contributed by atoms with van der Waals surface area (Å²) in [6, 6.07) is 0. The van der Waals surface area contributed by atoms with Crippen LogP contribution in [0.3, 0.4) is 0 Å². The molecule has 8 rings (SSSR count). The zero-order chi connectivity index (χ0) is 47.7. The predicted molar refractivity (Wildman–Crippen MR) is 230 cm³/mol. The van der Waals surface area contributed by atoms with Gasteiger partial charge in [0.1, 0.15) is 61.0 Å². The molecule has 0 aromatic heterocycles. The van der Waals surface area contributed by atoms with E-state index >= 15 is 0 Å². The van der Waals surface area contributed by atoms with Gasteiger partial charge in [0.05, 0.1) is 49.1 Å². The fourth-order valence-electron chi connectivity index (χ4n) is 15.3. The lowest BCUT2D eigenvalue weighted by Crippen LogP contribution is -2.70. The smallest absolute Gasteiger partial charge is 0.187 e. The molecule has 3 saturated heterocycles. The van der Waals surface area contributed by atoms with E-state index in [1.807, 2.05) is 0 Å². The zero-order valence-corrected chi connectivity index (χ0v) is 39.6. The molecule has 17 heteroatoms. The maximum atomic E-state index is 12.7. The van der Waals surface area contributed by atoms with Gasteiger partial charge in [-0.15, -0.1) is 0 Å². The Balaban J connectivity index is 1.03. The molecule has 374 valence electrons. The Bertz CT molecular complexity index is 1750. The third-order valence-corrected chi connectivity index (χ3v) is 19.4. The summed E-state index contributed by atoms with van der Waals surface area (Å²) in [4.78, 5) is 0. The predicted octanol–water partition coefficient (Wildman–Crippen LogP) is 0.611. The van der Waals surface area contributed by atoms with Crippen LogP contribution in [0.15, 0.2) is 11.6 Å². The van der Waals surface area contributed by atoms with Crippen LogP contribution >= 0.6 is 0 Å². The fraction of sp³-hybridized carbons (Fsp3) is 0.958. The summed E-state index contributed by atoms with van der Waals surface area (Å²) >= 11 is 0. The molecular formula is C48H80O17. The maximum absolute atomic E-state index is 12.7. The first kappa shape index (κ1) is 50.4. The second kappa shape index (κ2) is 17.4. The van der Waals surface area contributed by atoms with Crippen molar-refractivity contribution < 1.29 is 84.6 Å². The average Bonchev–Trinajstić information content (AvgIpc) is 3.22. The number of aliphatic hydroxyl groups excluding tert-OH is 11. The van der Waals surface area contributed by atoms with Gasteiger partial charge in [0, 0.05) is 0 Å². The van der Waals surface area contributed by atoms with E-state index in [4.69, 9.17) is 28.4 Å². The summed E-state index contributed by atoms with van der Waals surface area (Å²) in [7, 11) is 0. The van der Waals surface area contributed by atoms with Gasteiger partial charge in [-0.3, -0.25) is 0 Å². The number of allylic oxidation sites excluding steroid dienone is 2. The van der Waals surface area contributed by atoms with Crippen molar-refractivity contribution in [1.29, 1.82) is 0 Å². The summed E-state index contributed by atoms with van der Waals surface area (Å²) < 4.78 is 36.4. The lowest BCUT2D eigenvalue weighted by atomic mass is 9.33. The molecule has 65 heavy (non-hydrogen) atoms. The van der Waals surface area contributed by atoms with Crippen molar-refractivity contribution in [1.82, 2.24) is 0 Å². The average molecular weight is 929 g/mol. The molecular weight excluding hydrogens is 849 g/mol. The van der Waals surface area contributed by atoms with Crippen LogP contribution in [0.4, 0.5) is 0 Å². The summed E-state index contributed by atoms with van der Waals surface area (Å²) in [5, 5.41) is 120. The Morgan fingerprint density at radius 2 is 1.22 bits per heavy atom. The standard InChI is InChI=1S/C48H80O17/c1-21-31(52)34(55)36(57)40(61-21)60-20-48-24(16-43(3,4)17-28(48)50)23-10-11-27-45(7)14-13-30(44(5,6)26(45)12-15-46(27,8)47(23,9)18-29(48)51)64-42-38(59)39(32(53)22(2)62-42)65-41-37(58)35(56)33(54)25(19-49)63-41/h10,21-22,24-42,49-59H,11-20H2,1-9H3/t21-,22-,24-,25+,26-,27+,28-,29-,30-,31-,32-,33+,34+,35-,36+,37+,38+,39+,40+,41-,42-,45-,46+,47+,48+/m0/s1. The lowest BCUT2D eigenvalue weighted by Gasteiger charge is -2.72. The van der Waals surface area contributed by atoms with Gasteiger partial charge in [-0.05, 0) is 110 Å². The topological polar surface area (TPSA) is 278 Å². The van der Waals surface area contributed by atoms with Crippen molar-refractivity contribution in [2.75, 3.05) is 13.2 Å². The number of fused-ring (bicyclic) bond motifs is 7. The van der Waals surface area contributed by atoms with Gasteiger partial charge in [-0.2, -0.15) is 0 Å². The third-order valence-electron chi connectivity index (χ3n) is 19.4. The summed E-state index contributed by atoms with van der Waals surface area (Å²) in [6.45, 7) is 18.3. The minimum Gasteiger partial charge on any atom is -0.394 e. The first-order valence-electron chi connectivity index (χ1n) is 24.2. The van der Waals surface area contributed by atoms with Crippen LogP contribution in [0.2, 0.25) is 0 Å². The molecule has 7 fully saturated rings. The second-order valence-corrected chi connectivity index (χ2v) is 23.7. The maximum Gasteiger partial charge on any atom is 0.187 e. The van der Waals surface area contributed by atoms with Crippen LogP contribution < -0.4 is 0 Å². The lowest BCUT2D eigenvalue weighted by molar-refractivity contribution is -0.366. The Labute approximate surface area is 383 Å². The molecule has 3 aliphatic heterocycles. The van der Waals surface area contributed by atoms with Crippen molar-refractivity contribution in [2.45, 2.75) is 224 Å². The largest absolute Gasteiger partial charge is 0.394 e. The number of hydrogen-bond donors (Lipinski definition) is 11. The molecule has 0 amide bonds. The first-order valence-corrected chi connectivity index (χ1v) is 24.2. The molecule has 11 N–H and O–H groups in total. The van der Waals surface area contributed by atoms with E-state index in [0.717, 1.165) is 25.7 Å². The van der Waals surface area contributed by atoms with E-state index < -0.39 is 127 Å². The van der Waals surface area contributed by atoms with Crippen LogP contribution in [-0.4, -0.2) is 180 Å². The van der Waals surface area contributed by atoms with Crippen molar-refractivity contribution in [3.63, 3.8) is 0 Å². The molecule has 4 saturated carbocycles. The molecule has 0 unspecified atom stereocenters. The van der Waals surface area contributed by atoms with Crippen LogP contribution in [0, 0.1) is 50.2 Å². The number of hydrogen-bond acceptors (Lipinski definition) is 17. The van der Waals surface area contributed by atoms with Crippen molar-refractivity contribution >= 4 is 0 Å². The summed E-state index contributed by atoms with van der Waals surface area (Å²) in [5.74, 6) is 0.164. The number of aliphatic hydroxyl groups is 11. The normalized spacial score (nSPS) is 56.4. The quantitative estimate of drug-likeness (QED) is 0.118. The van der Waals surface area contributed by atoms with Gasteiger partial charge in [0.15, 0.2) is 18.9 Å². The van der Waals surface area contributed by atoms with Crippen molar-refractivity contribution in [3.05, 3.63) is 11.6 Å². The fourth-order valence-corrected chi connectivity index (χ4v) is 15.3. The zero-order valence-electron chi connectivity index (χ0n) is 39.6. The van der Waals surface area contributed by atoms with Crippen molar-refractivity contribution in [3.8, 4) is 0 Å². The summed E-state index contributed by atoms with van der Waals surface area (Å²) in [5.41, 5.74) is -1.37. The molecule has 3 heterocycles. The van der Waals surface area contributed by atoms with Gasteiger partial charge in [0.2, 0.25) is 0 Å². The monoisotopic (exact) mass is 929 g/mol. The van der Waals surface area contributed by atoms with Gasteiger partial charge in [-0.1, -0.05) is 60.1 Å². The van der Waals surface area contributed by atoms with E-state index in [1.165, 1.54) is 5.57 Å². The summed E-state index contributed by atoms with van der Waals surface area (Å²) in [6.07, 6.45) is -14.8. The van der Waals surface area contributed by atoms with Crippen LogP contribution in [0.1, 0.15) is 114 Å². The molecule has 8 aliphatic rings. The first-order chi connectivity index (χ1) is 30.2. The molecule has 0 aromatic carbocycles. The molecule has 17 nitrogen and oxygen atoms in total. The van der Waals surface area contributed by atoms with Crippen LogP contribution in [0.5, 0.6) is 0 Å². The highest BCUT2D eigenvalue weighted by atomic mass is 16.7. The Hall–Kier alpha value is -0.940. The second-order valence-electron chi connectivity index (χ2n) is 23.7. The SMILES string of the molecule is C[C@@H]1O[C@@H](OC[C@]23[C@@H](O)CC(C)(C)C[C@H]2C2=CC[C@@H]4[C@@]5(C)CC[C@H](O[C@@H]6O[C@@H](C)[C@H](O)[C@@H](O[C@@H]7O[C@H](CO)[C@@H](O)[C@H](O)[C@H]7O)[C@H]6O)C(C)(C)[C@@H]5CC[C@@]4(C)[C@]2(C)C[C@@H]3O)[C@H](O)[C@H](O)[C@H]1O. The Morgan fingerprint density at radius 3 is 1.89 bits per heavy atom. The minimum atomic E-state index is -1.73. The third kappa shape index (κ3) is 7.76. The highest BCUT2D eigenvalue weighted by Gasteiger charge is 2.72. The van der Waals surface area contributed by atoms with Gasteiger partial charge in [0.25, 0.3) is 0 Å². The molecule has 0 radical (unpaired) electrons.